The van der Waals surface area contributed by atoms with Crippen molar-refractivity contribution in [1.82, 2.24) is 5.32 Å². The van der Waals surface area contributed by atoms with Gasteiger partial charge in [-0.2, -0.15) is 0 Å². The minimum absolute atomic E-state index is 0.338. The van der Waals surface area contributed by atoms with E-state index in [2.05, 4.69) is 39.9 Å². The summed E-state index contributed by atoms with van der Waals surface area (Å²) in [7, 11) is 0. The molecule has 0 saturated carbocycles. The van der Waals surface area contributed by atoms with Gasteiger partial charge in [0.15, 0.2) is 0 Å². The van der Waals surface area contributed by atoms with Crippen molar-refractivity contribution >= 4 is 0 Å². The van der Waals surface area contributed by atoms with Crippen LogP contribution in [0.4, 0.5) is 0 Å². The zero-order valence-electron chi connectivity index (χ0n) is 10.5. The molecular weight excluding hydrogens is 174 g/mol. The van der Waals surface area contributed by atoms with E-state index in [1.165, 1.54) is 6.42 Å². The van der Waals surface area contributed by atoms with Crippen molar-refractivity contribution in [3.05, 3.63) is 0 Å². The Kier molecular flexibility index (Phi) is 8.20. The molecule has 0 fully saturated rings. The summed E-state index contributed by atoms with van der Waals surface area (Å²) >= 11 is 0. The molecule has 0 aliphatic carbocycles. The van der Waals surface area contributed by atoms with Crippen molar-refractivity contribution in [3.8, 4) is 0 Å². The third-order valence-corrected chi connectivity index (χ3v) is 2.04. The van der Waals surface area contributed by atoms with Crippen LogP contribution in [0.3, 0.4) is 0 Å². The fraction of sp³-hybridized carbons (Fsp3) is 1.00. The summed E-state index contributed by atoms with van der Waals surface area (Å²) in [6.45, 7) is 13.9. The molecule has 1 N–H and O–H groups in total. The standard InChI is InChI=1S/C12H27NO/c1-10(2)6-7-13-8-12(5)14-9-11(3)4/h10-13H,6-9H2,1-5H3. The van der Waals surface area contributed by atoms with Gasteiger partial charge in [-0.25, -0.2) is 0 Å². The topological polar surface area (TPSA) is 21.3 Å². The predicted molar refractivity (Wildman–Crippen MR) is 62.6 cm³/mol. The number of ether oxygens (including phenoxy) is 1. The summed E-state index contributed by atoms with van der Waals surface area (Å²) in [5, 5.41) is 3.42. The van der Waals surface area contributed by atoms with Crippen LogP contribution >= 0.6 is 0 Å². The second-order valence-corrected chi connectivity index (χ2v) is 4.92. The second-order valence-electron chi connectivity index (χ2n) is 4.92. The fourth-order valence-electron chi connectivity index (χ4n) is 1.11. The lowest BCUT2D eigenvalue weighted by Gasteiger charge is -2.15. The minimum atomic E-state index is 0.338. The van der Waals surface area contributed by atoms with Crippen molar-refractivity contribution in [2.75, 3.05) is 19.7 Å². The Labute approximate surface area is 89.4 Å². The van der Waals surface area contributed by atoms with E-state index in [-0.39, 0.29) is 0 Å². The molecule has 0 spiro atoms. The van der Waals surface area contributed by atoms with E-state index in [4.69, 9.17) is 4.74 Å². The van der Waals surface area contributed by atoms with Crippen LogP contribution in [-0.2, 0) is 4.74 Å². The number of rotatable bonds is 8. The number of nitrogens with one attached hydrogen (secondary N) is 1. The van der Waals surface area contributed by atoms with Gasteiger partial charge in [0, 0.05) is 13.2 Å². The van der Waals surface area contributed by atoms with E-state index in [1.54, 1.807) is 0 Å². The predicted octanol–water partition coefficient (Wildman–Crippen LogP) is 2.68. The highest BCUT2D eigenvalue weighted by atomic mass is 16.5. The quantitative estimate of drug-likeness (QED) is 0.610. The summed E-state index contributed by atoms with van der Waals surface area (Å²) < 4.78 is 5.65. The lowest BCUT2D eigenvalue weighted by Crippen LogP contribution is -2.29. The van der Waals surface area contributed by atoms with Crippen molar-refractivity contribution < 1.29 is 4.74 Å². The van der Waals surface area contributed by atoms with Crippen LogP contribution in [0.2, 0.25) is 0 Å². The minimum Gasteiger partial charge on any atom is -0.377 e. The highest BCUT2D eigenvalue weighted by Gasteiger charge is 2.02. The highest BCUT2D eigenvalue weighted by Crippen LogP contribution is 1.98. The molecule has 0 aromatic rings. The molecule has 0 rings (SSSR count). The maximum Gasteiger partial charge on any atom is 0.0671 e. The molecule has 1 unspecified atom stereocenters. The van der Waals surface area contributed by atoms with Gasteiger partial charge in [0.1, 0.15) is 0 Å². The maximum atomic E-state index is 5.65. The van der Waals surface area contributed by atoms with E-state index in [9.17, 15) is 0 Å². The Bertz CT molecular complexity index is 123. The molecule has 0 amide bonds. The summed E-state index contributed by atoms with van der Waals surface area (Å²) in [6.07, 6.45) is 1.58. The van der Waals surface area contributed by atoms with Gasteiger partial charge in [-0.05, 0) is 31.7 Å². The first-order valence-corrected chi connectivity index (χ1v) is 5.84. The molecule has 86 valence electrons. The third kappa shape index (κ3) is 10.0. The Morgan fingerprint density at radius 2 is 1.64 bits per heavy atom. The van der Waals surface area contributed by atoms with Crippen LogP contribution in [0, 0.1) is 11.8 Å². The van der Waals surface area contributed by atoms with Gasteiger partial charge in [-0.15, -0.1) is 0 Å². The molecule has 0 aliphatic rings. The fourth-order valence-corrected chi connectivity index (χ4v) is 1.11. The molecule has 0 heterocycles. The Morgan fingerprint density at radius 3 is 2.14 bits per heavy atom. The van der Waals surface area contributed by atoms with Crippen molar-refractivity contribution in [2.24, 2.45) is 11.8 Å². The summed E-state index contributed by atoms with van der Waals surface area (Å²) in [5.74, 6) is 1.42. The molecular formula is C12H27NO. The van der Waals surface area contributed by atoms with Crippen LogP contribution in [0.15, 0.2) is 0 Å². The average Bonchev–Trinajstić information content (AvgIpc) is 2.08. The first-order chi connectivity index (χ1) is 6.52. The van der Waals surface area contributed by atoms with Gasteiger partial charge >= 0.3 is 0 Å². The lowest BCUT2D eigenvalue weighted by molar-refractivity contribution is 0.0477. The summed E-state index contributed by atoms with van der Waals surface area (Å²) in [6, 6.07) is 0. The second kappa shape index (κ2) is 8.25. The molecule has 0 saturated heterocycles. The van der Waals surface area contributed by atoms with Gasteiger partial charge in [-0.3, -0.25) is 0 Å². The van der Waals surface area contributed by atoms with E-state index in [0.717, 1.165) is 25.6 Å². The molecule has 14 heavy (non-hydrogen) atoms. The Hall–Kier alpha value is -0.0800. The van der Waals surface area contributed by atoms with Crippen molar-refractivity contribution in [1.29, 1.82) is 0 Å². The summed E-state index contributed by atoms with van der Waals surface area (Å²) in [4.78, 5) is 0. The number of hydrogen-bond donors (Lipinski definition) is 1. The van der Waals surface area contributed by atoms with Gasteiger partial charge < -0.3 is 10.1 Å². The average molecular weight is 201 g/mol. The molecule has 0 aromatic heterocycles. The molecule has 0 radical (unpaired) electrons. The van der Waals surface area contributed by atoms with Gasteiger partial charge in [0.2, 0.25) is 0 Å². The molecule has 0 bridgehead atoms. The van der Waals surface area contributed by atoms with Crippen LogP contribution in [0.1, 0.15) is 41.0 Å². The zero-order valence-corrected chi connectivity index (χ0v) is 10.5. The third-order valence-electron chi connectivity index (χ3n) is 2.04. The van der Waals surface area contributed by atoms with Crippen LogP contribution in [0.5, 0.6) is 0 Å². The molecule has 0 aromatic carbocycles. The van der Waals surface area contributed by atoms with Gasteiger partial charge in [0.25, 0.3) is 0 Å². The highest BCUT2D eigenvalue weighted by molar-refractivity contribution is 4.57. The van der Waals surface area contributed by atoms with Crippen LogP contribution in [-0.4, -0.2) is 25.8 Å². The van der Waals surface area contributed by atoms with E-state index < -0.39 is 0 Å². The Balaban J connectivity index is 3.22. The van der Waals surface area contributed by atoms with E-state index in [1.807, 2.05) is 0 Å². The van der Waals surface area contributed by atoms with Crippen LogP contribution in [0.25, 0.3) is 0 Å². The molecule has 1 atom stereocenters. The van der Waals surface area contributed by atoms with E-state index in [0.29, 0.717) is 12.0 Å². The van der Waals surface area contributed by atoms with E-state index >= 15 is 0 Å². The van der Waals surface area contributed by atoms with Gasteiger partial charge in [0.05, 0.1) is 6.10 Å². The maximum absolute atomic E-state index is 5.65. The van der Waals surface area contributed by atoms with Crippen LogP contribution < -0.4 is 5.32 Å². The number of hydrogen-bond acceptors (Lipinski definition) is 2. The van der Waals surface area contributed by atoms with Crippen molar-refractivity contribution in [2.45, 2.75) is 47.1 Å². The molecule has 0 aliphatic heterocycles. The molecule has 2 nitrogen and oxygen atoms in total. The monoisotopic (exact) mass is 201 g/mol. The van der Waals surface area contributed by atoms with Gasteiger partial charge in [-0.1, -0.05) is 27.7 Å². The largest absolute Gasteiger partial charge is 0.377 e. The first-order valence-electron chi connectivity index (χ1n) is 5.84. The first kappa shape index (κ1) is 13.9. The SMILES string of the molecule is CC(C)CCNCC(C)OCC(C)C. The Morgan fingerprint density at radius 1 is 1.00 bits per heavy atom. The summed E-state index contributed by atoms with van der Waals surface area (Å²) in [5.41, 5.74) is 0. The molecule has 2 heteroatoms. The normalized spacial score (nSPS) is 13.9. The smallest absolute Gasteiger partial charge is 0.0671 e. The zero-order chi connectivity index (χ0) is 11.0. The van der Waals surface area contributed by atoms with Crippen molar-refractivity contribution in [3.63, 3.8) is 0 Å². The lowest BCUT2D eigenvalue weighted by atomic mass is 10.1.